The average molecular weight is 576 g/mol. The van der Waals surface area contributed by atoms with Crippen molar-refractivity contribution < 1.29 is 19.1 Å². The van der Waals surface area contributed by atoms with E-state index in [-0.39, 0.29) is 24.3 Å². The van der Waals surface area contributed by atoms with Crippen molar-refractivity contribution in [3.05, 3.63) is 59.3 Å². The molecule has 2 amide bonds. The van der Waals surface area contributed by atoms with Crippen molar-refractivity contribution in [3.63, 3.8) is 0 Å². The number of aliphatic imine (C=N–C) groups is 1. The van der Waals surface area contributed by atoms with Crippen molar-refractivity contribution in [2.24, 2.45) is 4.99 Å². The van der Waals surface area contributed by atoms with Crippen LogP contribution in [0.15, 0.2) is 41.7 Å². The van der Waals surface area contributed by atoms with Gasteiger partial charge in [-0.15, -0.1) is 0 Å². The van der Waals surface area contributed by atoms with E-state index in [9.17, 15) is 9.59 Å². The molecule has 1 aromatic carbocycles. The smallest absolute Gasteiger partial charge is 0.410 e. The highest BCUT2D eigenvalue weighted by atomic mass is 16.6. The number of aryl methyl sites for hydroxylation is 2. The van der Waals surface area contributed by atoms with Gasteiger partial charge in [-0.2, -0.15) is 0 Å². The molecule has 0 radical (unpaired) electrons. The van der Waals surface area contributed by atoms with E-state index in [1.807, 2.05) is 58.8 Å². The molecule has 2 atom stereocenters. The molecule has 0 spiro atoms. The summed E-state index contributed by atoms with van der Waals surface area (Å²) in [6, 6.07) is 8.61. The number of likely N-dealkylation sites (tertiary alicyclic amines) is 2. The summed E-state index contributed by atoms with van der Waals surface area (Å²) in [6.45, 7) is 12.8. The Bertz CT molecular complexity index is 1350. The summed E-state index contributed by atoms with van der Waals surface area (Å²) in [7, 11) is 0. The normalized spacial score (nSPS) is 21.0. The third-order valence-electron chi connectivity index (χ3n) is 7.88. The van der Waals surface area contributed by atoms with E-state index < -0.39 is 11.2 Å². The molecule has 4 heterocycles. The second kappa shape index (κ2) is 11.9. The molecule has 1 N–H and O–H groups in total. The molecular formula is C33H45N5O4. The Morgan fingerprint density at radius 1 is 0.881 bits per heavy atom. The summed E-state index contributed by atoms with van der Waals surface area (Å²) < 4.78 is 11.2. The number of carbonyl (C=O) groups excluding carboxylic acids is 2. The quantitative estimate of drug-likeness (QED) is 0.406. The van der Waals surface area contributed by atoms with Crippen LogP contribution in [-0.4, -0.2) is 68.0 Å². The third-order valence-corrected chi connectivity index (χ3v) is 7.88. The molecule has 2 aromatic rings. The lowest BCUT2D eigenvalue weighted by atomic mass is 9.97. The van der Waals surface area contributed by atoms with Crippen LogP contribution >= 0.6 is 0 Å². The number of hydrogen-bond acceptors (Lipinski definition) is 6. The van der Waals surface area contributed by atoms with Crippen molar-refractivity contribution in [1.82, 2.24) is 19.8 Å². The van der Waals surface area contributed by atoms with Crippen molar-refractivity contribution in [1.29, 1.82) is 0 Å². The molecule has 1 aromatic heterocycles. The number of amides is 2. The first-order valence-electron chi connectivity index (χ1n) is 15.2. The van der Waals surface area contributed by atoms with E-state index in [4.69, 9.17) is 14.5 Å². The van der Waals surface area contributed by atoms with Crippen molar-refractivity contribution >= 4 is 23.5 Å². The molecule has 226 valence electrons. The third kappa shape index (κ3) is 7.23. The standard InChI is InChI=1S/C33H45N5O4/c1-32(2,3)41-30(39)37-17-7-9-27(37)26-19-24(20-34-26)23-14-11-22(12-15-23)13-16-25-21-35-29(36-25)28-10-8-18-38(28)31(40)42-33(4,5)6/h11-12,14-15,20-21,27-28H,7-10,13,16-19H2,1-6H3,(H,35,36)/t27-,28-/m0/s1. The number of H-pyrrole nitrogens is 1. The summed E-state index contributed by atoms with van der Waals surface area (Å²) in [6.07, 6.45) is 9.50. The van der Waals surface area contributed by atoms with Crippen LogP contribution in [0.5, 0.6) is 0 Å². The molecule has 3 aliphatic rings. The van der Waals surface area contributed by atoms with Gasteiger partial charge in [0.25, 0.3) is 0 Å². The van der Waals surface area contributed by atoms with Gasteiger partial charge in [-0.1, -0.05) is 24.3 Å². The minimum atomic E-state index is -0.517. The Labute approximate surface area is 249 Å². The molecule has 0 unspecified atom stereocenters. The van der Waals surface area contributed by atoms with Gasteiger partial charge in [0.1, 0.15) is 17.0 Å². The Balaban J connectivity index is 1.13. The Morgan fingerprint density at radius 2 is 1.48 bits per heavy atom. The van der Waals surface area contributed by atoms with Crippen LogP contribution in [0.4, 0.5) is 9.59 Å². The number of hydrogen-bond donors (Lipinski definition) is 1. The van der Waals surface area contributed by atoms with Gasteiger partial charge in [-0.3, -0.25) is 14.8 Å². The first-order valence-corrected chi connectivity index (χ1v) is 15.2. The zero-order valence-electron chi connectivity index (χ0n) is 25.9. The maximum atomic E-state index is 12.7. The predicted octanol–water partition coefficient (Wildman–Crippen LogP) is 6.85. The number of allylic oxidation sites excluding steroid dienone is 1. The molecule has 2 fully saturated rings. The monoisotopic (exact) mass is 575 g/mol. The van der Waals surface area contributed by atoms with Gasteiger partial charge in [0.05, 0.1) is 12.1 Å². The van der Waals surface area contributed by atoms with Gasteiger partial charge in [0, 0.05) is 43.3 Å². The number of imidazole rings is 1. The predicted molar refractivity (Wildman–Crippen MR) is 163 cm³/mol. The number of nitrogens with one attached hydrogen (secondary N) is 1. The first-order chi connectivity index (χ1) is 19.9. The van der Waals surface area contributed by atoms with Crippen molar-refractivity contribution in [3.8, 4) is 0 Å². The summed E-state index contributed by atoms with van der Waals surface area (Å²) in [4.78, 5) is 41.9. The fourth-order valence-electron chi connectivity index (χ4n) is 5.91. The van der Waals surface area contributed by atoms with Crippen molar-refractivity contribution in [2.45, 2.75) is 110 Å². The number of aromatic amines is 1. The minimum Gasteiger partial charge on any atom is -0.444 e. The number of nitrogens with zero attached hydrogens (tertiary/aromatic N) is 4. The molecule has 42 heavy (non-hydrogen) atoms. The minimum absolute atomic E-state index is 0.00705. The molecule has 2 saturated heterocycles. The Hall–Kier alpha value is -3.62. The molecule has 9 nitrogen and oxygen atoms in total. The van der Waals surface area contributed by atoms with Gasteiger partial charge >= 0.3 is 12.2 Å². The SMILES string of the molecule is CC(C)(C)OC(=O)N1CCC[C@H]1C1=NC=C(c2ccc(CCc3cnc([C@@H]4CCCN4C(=O)OC(C)(C)C)[nH]3)cc2)C1. The van der Waals surface area contributed by atoms with E-state index in [0.29, 0.717) is 13.1 Å². The average Bonchev–Trinajstić information content (AvgIpc) is 3.71. The van der Waals surface area contributed by atoms with E-state index in [2.05, 4.69) is 34.2 Å². The Morgan fingerprint density at radius 3 is 2.10 bits per heavy atom. The number of ether oxygens (including phenoxy) is 2. The van der Waals surface area contributed by atoms with Gasteiger partial charge in [0.2, 0.25) is 0 Å². The lowest BCUT2D eigenvalue weighted by Gasteiger charge is -2.28. The largest absolute Gasteiger partial charge is 0.444 e. The summed E-state index contributed by atoms with van der Waals surface area (Å²) >= 11 is 0. The molecular weight excluding hydrogens is 530 g/mol. The maximum absolute atomic E-state index is 12.7. The number of aromatic nitrogens is 2. The van der Waals surface area contributed by atoms with Crippen LogP contribution in [0.25, 0.3) is 5.57 Å². The van der Waals surface area contributed by atoms with E-state index in [1.165, 1.54) is 11.1 Å². The fourth-order valence-corrected chi connectivity index (χ4v) is 5.91. The van der Waals surface area contributed by atoms with Gasteiger partial charge in [-0.05, 0) is 96.8 Å². The van der Waals surface area contributed by atoms with Crippen LogP contribution in [0.1, 0.15) is 102 Å². The second-order valence-electron chi connectivity index (χ2n) is 13.6. The van der Waals surface area contributed by atoms with E-state index >= 15 is 0 Å². The van der Waals surface area contributed by atoms with Gasteiger partial charge in [-0.25, -0.2) is 14.6 Å². The summed E-state index contributed by atoms with van der Waals surface area (Å²) in [5.41, 5.74) is 4.66. The summed E-state index contributed by atoms with van der Waals surface area (Å²) in [5, 5.41) is 0. The molecule has 5 rings (SSSR count). The van der Waals surface area contributed by atoms with Crippen LogP contribution in [0.2, 0.25) is 0 Å². The molecule has 9 heteroatoms. The van der Waals surface area contributed by atoms with E-state index in [0.717, 1.165) is 67.7 Å². The zero-order chi connectivity index (χ0) is 30.1. The summed E-state index contributed by atoms with van der Waals surface area (Å²) in [5.74, 6) is 0.833. The highest BCUT2D eigenvalue weighted by Crippen LogP contribution is 2.33. The Kier molecular flexibility index (Phi) is 8.49. The number of carbonyl (C=O) groups is 2. The maximum Gasteiger partial charge on any atom is 0.410 e. The van der Waals surface area contributed by atoms with Crippen LogP contribution < -0.4 is 0 Å². The molecule has 0 bridgehead atoms. The van der Waals surface area contributed by atoms with Crippen LogP contribution in [0, 0.1) is 0 Å². The van der Waals surface area contributed by atoms with Gasteiger partial charge < -0.3 is 14.5 Å². The fraction of sp³-hybridized carbons (Fsp3) is 0.576. The first kappa shape index (κ1) is 29.9. The highest BCUT2D eigenvalue weighted by molar-refractivity contribution is 6.02. The lowest BCUT2D eigenvalue weighted by molar-refractivity contribution is 0.0216. The number of rotatable bonds is 6. The molecule has 0 saturated carbocycles. The molecule has 0 aliphatic carbocycles. The second-order valence-corrected chi connectivity index (χ2v) is 13.6. The number of benzene rings is 1. The highest BCUT2D eigenvalue weighted by Gasteiger charge is 2.37. The van der Waals surface area contributed by atoms with Gasteiger partial charge in [0.15, 0.2) is 0 Å². The van der Waals surface area contributed by atoms with Crippen LogP contribution in [0.3, 0.4) is 0 Å². The van der Waals surface area contributed by atoms with Crippen molar-refractivity contribution in [2.75, 3.05) is 13.1 Å². The lowest BCUT2D eigenvalue weighted by Crippen LogP contribution is -2.43. The van der Waals surface area contributed by atoms with Crippen LogP contribution in [-0.2, 0) is 22.3 Å². The molecule has 3 aliphatic heterocycles. The zero-order valence-corrected chi connectivity index (χ0v) is 25.9. The van der Waals surface area contributed by atoms with E-state index in [1.54, 1.807) is 4.90 Å². The topological polar surface area (TPSA) is 100 Å².